The molecule has 2 aromatic carbocycles. The summed E-state index contributed by atoms with van der Waals surface area (Å²) in [5, 5.41) is 3.57. The van der Waals surface area contributed by atoms with Gasteiger partial charge in [0.1, 0.15) is 5.82 Å². The number of aryl methyl sites for hydroxylation is 2. The standard InChI is InChI=1S/C19H18ClN3O2S/c1-13-8-14(2)10-17(9-13)22-19-7-6-16(12-21-19)23-26(24,25)18-5-3-4-15(20)11-18/h3-12,23H,1-2H3,(H,21,22). The van der Waals surface area contributed by atoms with Crippen LogP contribution in [-0.4, -0.2) is 13.4 Å². The zero-order valence-corrected chi connectivity index (χ0v) is 15.9. The summed E-state index contributed by atoms with van der Waals surface area (Å²) < 4.78 is 27.3. The molecule has 3 aromatic rings. The molecule has 0 unspecified atom stereocenters. The Bertz CT molecular complexity index is 1010. The monoisotopic (exact) mass is 387 g/mol. The first-order valence-electron chi connectivity index (χ1n) is 7.92. The Labute approximate surface area is 158 Å². The fourth-order valence-electron chi connectivity index (χ4n) is 2.57. The third kappa shape index (κ3) is 4.53. The SMILES string of the molecule is Cc1cc(C)cc(Nc2ccc(NS(=O)(=O)c3cccc(Cl)c3)cn2)c1. The molecular formula is C19H18ClN3O2S. The number of pyridine rings is 1. The molecule has 0 spiro atoms. The van der Waals surface area contributed by atoms with Crippen molar-refractivity contribution in [3.8, 4) is 0 Å². The molecule has 3 rings (SSSR count). The maximum atomic E-state index is 12.4. The molecule has 0 aliphatic carbocycles. The molecule has 2 N–H and O–H groups in total. The highest BCUT2D eigenvalue weighted by molar-refractivity contribution is 7.92. The molecule has 0 bridgehead atoms. The van der Waals surface area contributed by atoms with Gasteiger partial charge in [-0.05, 0) is 67.4 Å². The van der Waals surface area contributed by atoms with Crippen molar-refractivity contribution in [2.75, 3.05) is 10.0 Å². The Morgan fingerprint density at radius 1 is 0.923 bits per heavy atom. The number of nitrogens with one attached hydrogen (secondary N) is 2. The molecule has 5 nitrogen and oxygen atoms in total. The van der Waals surface area contributed by atoms with Crippen molar-refractivity contribution in [2.24, 2.45) is 0 Å². The van der Waals surface area contributed by atoms with E-state index in [1.54, 1.807) is 24.3 Å². The smallest absolute Gasteiger partial charge is 0.261 e. The van der Waals surface area contributed by atoms with Gasteiger partial charge in [0, 0.05) is 10.7 Å². The van der Waals surface area contributed by atoms with Crippen LogP contribution in [0.15, 0.2) is 65.7 Å². The minimum Gasteiger partial charge on any atom is -0.340 e. The molecule has 134 valence electrons. The minimum absolute atomic E-state index is 0.0995. The fourth-order valence-corrected chi connectivity index (χ4v) is 3.91. The third-order valence-corrected chi connectivity index (χ3v) is 5.23. The number of anilines is 3. The van der Waals surface area contributed by atoms with E-state index in [0.29, 0.717) is 16.5 Å². The van der Waals surface area contributed by atoms with Crippen molar-refractivity contribution < 1.29 is 8.42 Å². The van der Waals surface area contributed by atoms with Crippen molar-refractivity contribution in [1.82, 2.24) is 4.98 Å². The molecule has 0 saturated heterocycles. The van der Waals surface area contributed by atoms with Crippen LogP contribution in [0.3, 0.4) is 0 Å². The van der Waals surface area contributed by atoms with Gasteiger partial charge in [0.05, 0.1) is 16.8 Å². The Balaban J connectivity index is 1.75. The second-order valence-corrected chi connectivity index (χ2v) is 8.12. The van der Waals surface area contributed by atoms with Crippen LogP contribution in [0.1, 0.15) is 11.1 Å². The second kappa shape index (κ2) is 7.35. The van der Waals surface area contributed by atoms with Crippen molar-refractivity contribution in [3.05, 3.63) is 76.9 Å². The van der Waals surface area contributed by atoms with Gasteiger partial charge in [0.2, 0.25) is 0 Å². The second-order valence-electron chi connectivity index (χ2n) is 6.00. The predicted molar refractivity (Wildman–Crippen MR) is 106 cm³/mol. The van der Waals surface area contributed by atoms with Crippen LogP contribution in [-0.2, 0) is 10.0 Å². The summed E-state index contributed by atoms with van der Waals surface area (Å²) in [5.41, 5.74) is 3.61. The lowest BCUT2D eigenvalue weighted by Gasteiger charge is -2.10. The van der Waals surface area contributed by atoms with E-state index in [-0.39, 0.29) is 4.90 Å². The molecule has 0 amide bonds. The van der Waals surface area contributed by atoms with E-state index in [2.05, 4.69) is 21.1 Å². The van der Waals surface area contributed by atoms with E-state index in [9.17, 15) is 8.42 Å². The number of halogens is 1. The number of nitrogens with zero attached hydrogens (tertiary/aromatic N) is 1. The zero-order chi connectivity index (χ0) is 18.7. The van der Waals surface area contributed by atoms with Gasteiger partial charge in [-0.3, -0.25) is 4.72 Å². The normalized spacial score (nSPS) is 11.2. The highest BCUT2D eigenvalue weighted by Gasteiger charge is 2.14. The van der Waals surface area contributed by atoms with Crippen molar-refractivity contribution in [1.29, 1.82) is 0 Å². The number of aromatic nitrogens is 1. The third-order valence-electron chi connectivity index (χ3n) is 3.62. The van der Waals surface area contributed by atoms with E-state index in [1.807, 2.05) is 26.0 Å². The van der Waals surface area contributed by atoms with Gasteiger partial charge in [0.15, 0.2) is 0 Å². The van der Waals surface area contributed by atoms with Gasteiger partial charge < -0.3 is 5.32 Å². The number of hydrogen-bond donors (Lipinski definition) is 2. The predicted octanol–water partition coefficient (Wildman–Crippen LogP) is 4.90. The molecule has 26 heavy (non-hydrogen) atoms. The Hall–Kier alpha value is -2.57. The van der Waals surface area contributed by atoms with Gasteiger partial charge in [-0.2, -0.15) is 0 Å². The lowest BCUT2D eigenvalue weighted by Crippen LogP contribution is -2.13. The first-order valence-corrected chi connectivity index (χ1v) is 9.78. The van der Waals surface area contributed by atoms with Crippen LogP contribution in [0.4, 0.5) is 17.2 Å². The van der Waals surface area contributed by atoms with E-state index in [1.165, 1.54) is 18.3 Å². The number of rotatable bonds is 5. The first kappa shape index (κ1) is 18.2. The molecular weight excluding hydrogens is 370 g/mol. The van der Waals surface area contributed by atoms with Crippen LogP contribution >= 0.6 is 11.6 Å². The summed E-state index contributed by atoms with van der Waals surface area (Å²) in [4.78, 5) is 4.36. The Morgan fingerprint density at radius 2 is 1.65 bits per heavy atom. The summed E-state index contributed by atoms with van der Waals surface area (Å²) in [6.07, 6.45) is 1.47. The van der Waals surface area contributed by atoms with E-state index in [4.69, 9.17) is 11.6 Å². The summed E-state index contributed by atoms with van der Waals surface area (Å²) in [6.45, 7) is 4.05. The van der Waals surface area contributed by atoms with E-state index in [0.717, 1.165) is 16.8 Å². The maximum Gasteiger partial charge on any atom is 0.261 e. The van der Waals surface area contributed by atoms with Crippen LogP contribution in [0.25, 0.3) is 0 Å². The van der Waals surface area contributed by atoms with Gasteiger partial charge in [0.25, 0.3) is 10.0 Å². The fraction of sp³-hybridized carbons (Fsp3) is 0.105. The molecule has 1 aromatic heterocycles. The molecule has 1 heterocycles. The summed E-state index contributed by atoms with van der Waals surface area (Å²) in [5.74, 6) is 0.626. The molecule has 0 saturated carbocycles. The van der Waals surface area contributed by atoms with Gasteiger partial charge >= 0.3 is 0 Å². The Morgan fingerprint density at radius 3 is 2.27 bits per heavy atom. The maximum absolute atomic E-state index is 12.4. The average Bonchev–Trinajstić information content (AvgIpc) is 2.55. The molecule has 7 heteroatoms. The molecule has 0 atom stereocenters. The van der Waals surface area contributed by atoms with Crippen molar-refractivity contribution >= 4 is 38.8 Å². The van der Waals surface area contributed by atoms with Crippen LogP contribution in [0, 0.1) is 13.8 Å². The minimum atomic E-state index is -3.71. The van der Waals surface area contributed by atoms with Crippen molar-refractivity contribution in [3.63, 3.8) is 0 Å². The number of sulfonamides is 1. The van der Waals surface area contributed by atoms with Crippen LogP contribution in [0.2, 0.25) is 5.02 Å². The highest BCUT2D eigenvalue weighted by atomic mass is 35.5. The molecule has 0 fully saturated rings. The number of benzene rings is 2. The summed E-state index contributed by atoms with van der Waals surface area (Å²) >= 11 is 5.86. The van der Waals surface area contributed by atoms with Gasteiger partial charge in [-0.15, -0.1) is 0 Å². The summed E-state index contributed by atoms with van der Waals surface area (Å²) in [7, 11) is -3.71. The largest absolute Gasteiger partial charge is 0.340 e. The lowest BCUT2D eigenvalue weighted by atomic mass is 10.1. The topological polar surface area (TPSA) is 71.1 Å². The average molecular weight is 388 g/mol. The van der Waals surface area contributed by atoms with E-state index < -0.39 is 10.0 Å². The highest BCUT2D eigenvalue weighted by Crippen LogP contribution is 2.21. The molecule has 0 aliphatic rings. The van der Waals surface area contributed by atoms with Gasteiger partial charge in [-0.1, -0.05) is 23.7 Å². The quantitative estimate of drug-likeness (QED) is 0.653. The van der Waals surface area contributed by atoms with Crippen LogP contribution in [0.5, 0.6) is 0 Å². The zero-order valence-electron chi connectivity index (χ0n) is 14.3. The van der Waals surface area contributed by atoms with Gasteiger partial charge in [-0.25, -0.2) is 13.4 Å². The Kier molecular flexibility index (Phi) is 5.15. The lowest BCUT2D eigenvalue weighted by molar-refractivity contribution is 0.601. The van der Waals surface area contributed by atoms with Crippen LogP contribution < -0.4 is 10.0 Å². The summed E-state index contributed by atoms with van der Waals surface area (Å²) in [6, 6.07) is 15.6. The molecule has 0 radical (unpaired) electrons. The van der Waals surface area contributed by atoms with Crippen molar-refractivity contribution in [2.45, 2.75) is 18.7 Å². The molecule has 0 aliphatic heterocycles. The number of hydrogen-bond acceptors (Lipinski definition) is 4. The first-order chi connectivity index (χ1) is 12.3. The van der Waals surface area contributed by atoms with E-state index >= 15 is 0 Å².